The molecular formula is C17H24N4. The van der Waals surface area contributed by atoms with Crippen molar-refractivity contribution in [2.24, 2.45) is 5.41 Å². The van der Waals surface area contributed by atoms with E-state index in [1.807, 2.05) is 18.2 Å². The third-order valence-electron chi connectivity index (χ3n) is 4.83. The minimum absolute atomic E-state index is 0.486. The third kappa shape index (κ3) is 2.80. The molecule has 0 atom stereocenters. The maximum Gasteiger partial charge on any atom is 0.139 e. The van der Waals surface area contributed by atoms with Gasteiger partial charge >= 0.3 is 0 Å². The highest BCUT2D eigenvalue weighted by atomic mass is 15.2. The fourth-order valence-electron chi connectivity index (χ4n) is 3.29. The second kappa shape index (κ2) is 5.17. The van der Waals surface area contributed by atoms with Gasteiger partial charge in [0.15, 0.2) is 0 Å². The molecule has 1 saturated carbocycles. The molecule has 4 nitrogen and oxygen atoms in total. The van der Waals surface area contributed by atoms with Gasteiger partial charge in [0, 0.05) is 24.2 Å². The number of nitrogens with two attached hydrogens (primary N) is 1. The Bertz CT molecular complexity index is 640. The molecule has 1 aromatic heterocycles. The summed E-state index contributed by atoms with van der Waals surface area (Å²) < 4.78 is 0. The van der Waals surface area contributed by atoms with Crippen molar-refractivity contribution in [3.05, 3.63) is 24.5 Å². The Morgan fingerprint density at radius 2 is 1.90 bits per heavy atom. The Hall–Kier alpha value is -1.84. The number of nitrogen functional groups attached to an aromatic ring is 1. The molecule has 1 fully saturated rings. The summed E-state index contributed by atoms with van der Waals surface area (Å²) >= 11 is 0. The number of anilines is 2. The molecule has 0 spiro atoms. The van der Waals surface area contributed by atoms with E-state index in [2.05, 4.69) is 35.8 Å². The topological polar surface area (TPSA) is 55.0 Å². The van der Waals surface area contributed by atoms with Gasteiger partial charge in [0.2, 0.25) is 0 Å². The lowest BCUT2D eigenvalue weighted by Gasteiger charge is -2.39. The molecule has 0 aliphatic heterocycles. The van der Waals surface area contributed by atoms with E-state index in [4.69, 9.17) is 5.73 Å². The largest absolute Gasteiger partial charge is 0.399 e. The molecule has 2 aromatic rings. The van der Waals surface area contributed by atoms with Gasteiger partial charge in [-0.1, -0.05) is 13.8 Å². The molecule has 1 aliphatic rings. The van der Waals surface area contributed by atoms with Crippen molar-refractivity contribution < 1.29 is 0 Å². The number of nitrogens with zero attached hydrogens (tertiary/aromatic N) is 3. The average Bonchev–Trinajstić information content (AvgIpc) is 2.45. The van der Waals surface area contributed by atoms with Gasteiger partial charge in [-0.25, -0.2) is 9.97 Å². The molecule has 1 aliphatic carbocycles. The van der Waals surface area contributed by atoms with Crippen molar-refractivity contribution in [3.8, 4) is 0 Å². The number of rotatable bonds is 2. The van der Waals surface area contributed by atoms with Crippen LogP contribution in [0.4, 0.5) is 11.5 Å². The van der Waals surface area contributed by atoms with Gasteiger partial charge in [0.25, 0.3) is 0 Å². The summed E-state index contributed by atoms with van der Waals surface area (Å²) in [4.78, 5) is 11.2. The number of hydrogen-bond donors (Lipinski definition) is 1. The molecule has 2 N–H and O–H groups in total. The zero-order valence-electron chi connectivity index (χ0n) is 13.1. The van der Waals surface area contributed by atoms with Gasteiger partial charge in [0.05, 0.1) is 5.52 Å². The molecule has 21 heavy (non-hydrogen) atoms. The summed E-state index contributed by atoms with van der Waals surface area (Å²) in [7, 11) is 2.15. The fourth-order valence-corrected chi connectivity index (χ4v) is 3.29. The fraction of sp³-hybridized carbons (Fsp3) is 0.529. The monoisotopic (exact) mass is 284 g/mol. The highest BCUT2D eigenvalue weighted by Gasteiger charge is 2.29. The SMILES string of the molecule is CN(c1ncnc2cc(N)ccc12)C1CCC(C)(C)CC1. The molecule has 0 unspecified atom stereocenters. The van der Waals surface area contributed by atoms with E-state index in [0.29, 0.717) is 11.5 Å². The van der Waals surface area contributed by atoms with Crippen LogP contribution in [-0.4, -0.2) is 23.1 Å². The molecule has 0 amide bonds. The highest BCUT2D eigenvalue weighted by Crippen LogP contribution is 2.38. The van der Waals surface area contributed by atoms with E-state index in [0.717, 1.165) is 22.4 Å². The standard InChI is InChI=1S/C17H24N4/c1-17(2)8-6-13(7-9-17)21(3)16-14-5-4-12(18)10-15(14)19-11-20-16/h4-5,10-11,13H,6-9,18H2,1-3H3. The first-order valence-corrected chi connectivity index (χ1v) is 7.69. The molecule has 0 bridgehead atoms. The second-order valence-electron chi connectivity index (χ2n) is 6.98. The van der Waals surface area contributed by atoms with Crippen LogP contribution in [0.3, 0.4) is 0 Å². The number of fused-ring (bicyclic) bond motifs is 1. The molecule has 0 saturated heterocycles. The van der Waals surface area contributed by atoms with E-state index in [1.165, 1.54) is 25.7 Å². The molecule has 3 rings (SSSR count). The predicted octanol–water partition coefficient (Wildman–Crippen LogP) is 3.62. The van der Waals surface area contributed by atoms with Crippen molar-refractivity contribution in [1.82, 2.24) is 9.97 Å². The summed E-state index contributed by atoms with van der Waals surface area (Å²) in [6.07, 6.45) is 6.64. The minimum Gasteiger partial charge on any atom is -0.399 e. The first kappa shape index (κ1) is 14.1. The van der Waals surface area contributed by atoms with E-state index in [-0.39, 0.29) is 0 Å². The Kier molecular flexibility index (Phi) is 3.47. The molecular weight excluding hydrogens is 260 g/mol. The van der Waals surface area contributed by atoms with Crippen LogP contribution in [0.15, 0.2) is 24.5 Å². The average molecular weight is 284 g/mol. The van der Waals surface area contributed by atoms with Crippen LogP contribution in [0.2, 0.25) is 0 Å². The normalized spacial score (nSPS) is 18.8. The van der Waals surface area contributed by atoms with Gasteiger partial charge < -0.3 is 10.6 Å². The lowest BCUT2D eigenvalue weighted by Crippen LogP contribution is -2.37. The molecule has 1 aromatic carbocycles. The van der Waals surface area contributed by atoms with E-state index >= 15 is 0 Å². The maximum absolute atomic E-state index is 5.85. The predicted molar refractivity (Wildman–Crippen MR) is 88.4 cm³/mol. The van der Waals surface area contributed by atoms with Gasteiger partial charge in [-0.3, -0.25) is 0 Å². The van der Waals surface area contributed by atoms with Gasteiger partial charge in [-0.15, -0.1) is 0 Å². The lowest BCUT2D eigenvalue weighted by atomic mass is 9.75. The quantitative estimate of drug-likeness (QED) is 0.856. The van der Waals surface area contributed by atoms with Crippen molar-refractivity contribution >= 4 is 22.4 Å². The molecule has 112 valence electrons. The van der Waals surface area contributed by atoms with Crippen LogP contribution in [0.25, 0.3) is 10.9 Å². The van der Waals surface area contributed by atoms with Gasteiger partial charge in [0.1, 0.15) is 12.1 Å². The van der Waals surface area contributed by atoms with Crippen LogP contribution in [-0.2, 0) is 0 Å². The summed E-state index contributed by atoms with van der Waals surface area (Å²) in [5, 5.41) is 1.08. The third-order valence-corrected chi connectivity index (χ3v) is 4.83. The molecule has 1 heterocycles. The van der Waals surface area contributed by atoms with Crippen molar-refractivity contribution in [3.63, 3.8) is 0 Å². The van der Waals surface area contributed by atoms with Crippen LogP contribution in [0.5, 0.6) is 0 Å². The minimum atomic E-state index is 0.486. The number of benzene rings is 1. The Morgan fingerprint density at radius 3 is 2.62 bits per heavy atom. The number of aromatic nitrogens is 2. The smallest absolute Gasteiger partial charge is 0.139 e. The van der Waals surface area contributed by atoms with E-state index in [1.54, 1.807) is 6.33 Å². The molecule has 0 radical (unpaired) electrons. The zero-order chi connectivity index (χ0) is 15.0. The van der Waals surface area contributed by atoms with E-state index in [9.17, 15) is 0 Å². The second-order valence-corrected chi connectivity index (χ2v) is 6.98. The first-order chi connectivity index (χ1) is 9.96. The first-order valence-electron chi connectivity index (χ1n) is 7.69. The summed E-state index contributed by atoms with van der Waals surface area (Å²) in [5.74, 6) is 1.02. The lowest BCUT2D eigenvalue weighted by molar-refractivity contribution is 0.222. The Balaban J connectivity index is 1.90. The van der Waals surface area contributed by atoms with Gasteiger partial charge in [-0.2, -0.15) is 0 Å². The van der Waals surface area contributed by atoms with Crippen LogP contribution < -0.4 is 10.6 Å². The van der Waals surface area contributed by atoms with Crippen molar-refractivity contribution in [1.29, 1.82) is 0 Å². The highest BCUT2D eigenvalue weighted by molar-refractivity contribution is 5.91. The number of hydrogen-bond acceptors (Lipinski definition) is 4. The maximum atomic E-state index is 5.85. The van der Waals surface area contributed by atoms with Crippen LogP contribution in [0, 0.1) is 5.41 Å². The van der Waals surface area contributed by atoms with Gasteiger partial charge in [-0.05, 0) is 49.3 Å². The Morgan fingerprint density at radius 1 is 1.19 bits per heavy atom. The molecule has 4 heteroatoms. The summed E-state index contributed by atoms with van der Waals surface area (Å²) in [6.45, 7) is 4.73. The van der Waals surface area contributed by atoms with Crippen LogP contribution >= 0.6 is 0 Å². The van der Waals surface area contributed by atoms with Crippen molar-refractivity contribution in [2.75, 3.05) is 17.7 Å². The zero-order valence-corrected chi connectivity index (χ0v) is 13.1. The van der Waals surface area contributed by atoms with E-state index < -0.39 is 0 Å². The summed E-state index contributed by atoms with van der Waals surface area (Å²) in [5.41, 5.74) is 8.00. The summed E-state index contributed by atoms with van der Waals surface area (Å²) in [6, 6.07) is 6.43. The van der Waals surface area contributed by atoms with Crippen LogP contribution in [0.1, 0.15) is 39.5 Å². The Labute approximate surface area is 126 Å². The van der Waals surface area contributed by atoms with Crippen molar-refractivity contribution in [2.45, 2.75) is 45.6 Å².